The van der Waals surface area contributed by atoms with E-state index in [1.54, 1.807) is 0 Å². The van der Waals surface area contributed by atoms with Crippen LogP contribution in [0, 0.1) is 0 Å². The molecule has 0 radical (unpaired) electrons. The average Bonchev–Trinajstić information content (AvgIpc) is 3.37. The lowest BCUT2D eigenvalue weighted by Gasteiger charge is -2.19. The van der Waals surface area contributed by atoms with Crippen LogP contribution in [0.2, 0.25) is 0 Å². The van der Waals surface area contributed by atoms with Gasteiger partial charge in [-0.2, -0.15) is 0 Å². The molecular weight excluding hydrogens is 308 g/mol. The Morgan fingerprint density at radius 2 is 1.91 bits per heavy atom. The van der Waals surface area contributed by atoms with Crippen molar-refractivity contribution in [2.24, 2.45) is 0 Å². The molecule has 4 nitrogen and oxygen atoms in total. The zero-order valence-electron chi connectivity index (χ0n) is 12.5. The predicted molar refractivity (Wildman–Crippen MR) is 91.8 cm³/mol. The van der Waals surface area contributed by atoms with Gasteiger partial charge in [-0.15, -0.1) is 11.8 Å². The van der Waals surface area contributed by atoms with Crippen LogP contribution in [0.5, 0.6) is 0 Å². The molecule has 2 N–H and O–H groups in total. The molecule has 1 fully saturated rings. The Morgan fingerprint density at radius 3 is 2.65 bits per heavy atom. The molecule has 23 heavy (non-hydrogen) atoms. The second-order valence-corrected chi connectivity index (χ2v) is 6.97. The minimum Gasteiger partial charge on any atom is -0.325 e. The minimum absolute atomic E-state index is 0.00562. The maximum atomic E-state index is 12.7. The van der Waals surface area contributed by atoms with Crippen molar-refractivity contribution in [3.05, 3.63) is 54.1 Å². The number of rotatable bonds is 3. The van der Waals surface area contributed by atoms with Gasteiger partial charge in [0.05, 0.1) is 16.9 Å². The van der Waals surface area contributed by atoms with E-state index in [0.717, 1.165) is 34.7 Å². The summed E-state index contributed by atoms with van der Waals surface area (Å²) in [6, 6.07) is 15.6. The number of thioether (sulfide) groups is 1. The van der Waals surface area contributed by atoms with E-state index >= 15 is 0 Å². The third-order valence-electron chi connectivity index (χ3n) is 4.38. The van der Waals surface area contributed by atoms with E-state index in [-0.39, 0.29) is 11.8 Å². The normalized spacial score (nSPS) is 17.8. The van der Waals surface area contributed by atoms with E-state index < -0.39 is 5.41 Å². The van der Waals surface area contributed by atoms with Crippen LogP contribution < -0.4 is 10.6 Å². The third kappa shape index (κ3) is 2.61. The fraction of sp³-hybridized carbons (Fsp3) is 0.222. The van der Waals surface area contributed by atoms with E-state index in [9.17, 15) is 9.59 Å². The van der Waals surface area contributed by atoms with Crippen molar-refractivity contribution in [1.82, 2.24) is 0 Å². The first-order valence-corrected chi connectivity index (χ1v) is 8.60. The second-order valence-electron chi connectivity index (χ2n) is 5.95. The smallest absolute Gasteiger partial charge is 0.235 e. The van der Waals surface area contributed by atoms with Gasteiger partial charge in [-0.3, -0.25) is 9.59 Å². The molecule has 116 valence electrons. The molecular formula is C18H16N2O2S. The van der Waals surface area contributed by atoms with Crippen LogP contribution in [0.4, 0.5) is 11.4 Å². The van der Waals surface area contributed by atoms with E-state index in [2.05, 4.69) is 10.6 Å². The summed E-state index contributed by atoms with van der Waals surface area (Å²) in [5, 5.41) is 5.86. The Morgan fingerprint density at radius 1 is 1.13 bits per heavy atom. The highest BCUT2D eigenvalue weighted by atomic mass is 32.2. The molecule has 1 aliphatic carbocycles. The zero-order valence-corrected chi connectivity index (χ0v) is 13.3. The number of nitrogens with one attached hydrogen (secondary N) is 2. The van der Waals surface area contributed by atoms with Gasteiger partial charge >= 0.3 is 0 Å². The topological polar surface area (TPSA) is 58.2 Å². The van der Waals surface area contributed by atoms with Crippen LogP contribution in [0.1, 0.15) is 18.4 Å². The summed E-state index contributed by atoms with van der Waals surface area (Å²) in [7, 11) is 0. The highest BCUT2D eigenvalue weighted by Crippen LogP contribution is 2.49. The molecule has 1 aliphatic heterocycles. The molecule has 4 rings (SSSR count). The van der Waals surface area contributed by atoms with Gasteiger partial charge in [0.2, 0.25) is 11.8 Å². The molecule has 5 heteroatoms. The van der Waals surface area contributed by atoms with Gasteiger partial charge in [-0.05, 0) is 36.6 Å². The third-order valence-corrected chi connectivity index (χ3v) is 5.45. The van der Waals surface area contributed by atoms with Crippen LogP contribution in [0.3, 0.4) is 0 Å². The lowest BCUT2D eigenvalue weighted by atomic mass is 9.95. The first-order valence-electron chi connectivity index (χ1n) is 7.61. The van der Waals surface area contributed by atoms with E-state index in [4.69, 9.17) is 0 Å². The standard InChI is InChI=1S/C18H16N2O2S/c21-16-11-23-15-7-6-13(10-14(15)20-16)19-17(22)18(8-9-18)12-4-2-1-3-5-12/h1-7,10H,8-9,11H2,(H,19,22)(H,20,21). The maximum Gasteiger partial charge on any atom is 0.235 e. The predicted octanol–water partition coefficient (Wildman–Crippen LogP) is 3.40. The monoisotopic (exact) mass is 324 g/mol. The lowest BCUT2D eigenvalue weighted by molar-refractivity contribution is -0.118. The molecule has 2 aromatic rings. The highest BCUT2D eigenvalue weighted by molar-refractivity contribution is 8.00. The van der Waals surface area contributed by atoms with Gasteiger partial charge in [0.15, 0.2) is 0 Å². The number of hydrogen-bond donors (Lipinski definition) is 2. The fourth-order valence-corrected chi connectivity index (χ4v) is 3.73. The number of carbonyl (C=O) groups excluding carboxylic acids is 2. The Hall–Kier alpha value is -2.27. The minimum atomic E-state index is -0.394. The van der Waals surface area contributed by atoms with Gasteiger partial charge in [-0.1, -0.05) is 30.3 Å². The van der Waals surface area contributed by atoms with Crippen molar-refractivity contribution < 1.29 is 9.59 Å². The van der Waals surface area contributed by atoms with Crippen LogP contribution in [0.15, 0.2) is 53.4 Å². The molecule has 0 saturated heterocycles. The molecule has 0 spiro atoms. The summed E-state index contributed by atoms with van der Waals surface area (Å²) in [5.74, 6) is 0.461. The van der Waals surface area contributed by atoms with E-state index in [1.165, 1.54) is 11.8 Å². The number of hydrogen-bond acceptors (Lipinski definition) is 3. The van der Waals surface area contributed by atoms with Crippen molar-refractivity contribution in [2.45, 2.75) is 23.2 Å². The number of anilines is 2. The molecule has 0 bridgehead atoms. The zero-order chi connectivity index (χ0) is 15.9. The summed E-state index contributed by atoms with van der Waals surface area (Å²) in [5.41, 5.74) is 2.17. The molecule has 0 unspecified atom stereocenters. The number of amides is 2. The van der Waals surface area contributed by atoms with Crippen LogP contribution in [0.25, 0.3) is 0 Å². The number of benzene rings is 2. The lowest BCUT2D eigenvalue weighted by Crippen LogP contribution is -2.28. The van der Waals surface area contributed by atoms with Crippen LogP contribution in [-0.2, 0) is 15.0 Å². The van der Waals surface area contributed by atoms with Crippen molar-refractivity contribution in [3.8, 4) is 0 Å². The molecule has 0 aromatic heterocycles. The van der Waals surface area contributed by atoms with Gasteiger partial charge in [-0.25, -0.2) is 0 Å². The van der Waals surface area contributed by atoms with Gasteiger partial charge in [0.25, 0.3) is 0 Å². The van der Waals surface area contributed by atoms with Crippen molar-refractivity contribution in [1.29, 1.82) is 0 Å². The number of carbonyl (C=O) groups is 2. The molecule has 1 saturated carbocycles. The van der Waals surface area contributed by atoms with Crippen LogP contribution in [-0.4, -0.2) is 17.6 Å². The first-order chi connectivity index (χ1) is 11.2. The van der Waals surface area contributed by atoms with Gasteiger partial charge in [0.1, 0.15) is 0 Å². The SMILES string of the molecule is O=C1CSc2ccc(NC(=O)C3(c4ccccc4)CC3)cc2N1. The second kappa shape index (κ2) is 5.42. The summed E-state index contributed by atoms with van der Waals surface area (Å²) >= 11 is 1.51. The van der Waals surface area contributed by atoms with E-state index in [1.807, 2.05) is 48.5 Å². The van der Waals surface area contributed by atoms with Crippen molar-refractivity contribution in [3.63, 3.8) is 0 Å². The average molecular weight is 324 g/mol. The molecule has 2 amide bonds. The van der Waals surface area contributed by atoms with Gasteiger partial charge < -0.3 is 10.6 Å². The first kappa shape index (κ1) is 14.3. The van der Waals surface area contributed by atoms with E-state index in [0.29, 0.717) is 5.75 Å². The molecule has 0 atom stereocenters. The summed E-state index contributed by atoms with van der Waals surface area (Å²) < 4.78 is 0. The highest BCUT2D eigenvalue weighted by Gasteiger charge is 2.51. The summed E-state index contributed by atoms with van der Waals surface area (Å²) in [6.45, 7) is 0. The van der Waals surface area contributed by atoms with Crippen molar-refractivity contribution in [2.75, 3.05) is 16.4 Å². The van der Waals surface area contributed by atoms with Crippen molar-refractivity contribution >= 4 is 35.0 Å². The summed E-state index contributed by atoms with van der Waals surface area (Å²) in [6.07, 6.45) is 1.75. The molecule has 2 aliphatic rings. The Bertz CT molecular complexity index is 785. The molecule has 2 aromatic carbocycles. The Kier molecular flexibility index (Phi) is 3.38. The fourth-order valence-electron chi connectivity index (χ4n) is 2.94. The summed E-state index contributed by atoms with van der Waals surface area (Å²) in [4.78, 5) is 25.3. The van der Waals surface area contributed by atoms with Gasteiger partial charge in [0, 0.05) is 10.6 Å². The molecule has 1 heterocycles. The maximum absolute atomic E-state index is 12.7. The Balaban J connectivity index is 1.56. The quantitative estimate of drug-likeness (QED) is 0.910. The number of fused-ring (bicyclic) bond motifs is 1. The van der Waals surface area contributed by atoms with Crippen LogP contribution >= 0.6 is 11.8 Å². The Labute approximate surface area is 138 Å². The largest absolute Gasteiger partial charge is 0.325 e.